The van der Waals surface area contributed by atoms with Crippen molar-refractivity contribution in [3.05, 3.63) is 87.2 Å². The number of benzene rings is 2. The predicted octanol–water partition coefficient (Wildman–Crippen LogP) is 5.06. The highest BCUT2D eigenvalue weighted by atomic mass is 35.5. The van der Waals surface area contributed by atoms with Crippen LogP contribution in [-0.4, -0.2) is 38.0 Å². The molecule has 0 spiro atoms. The molecule has 37 heavy (non-hydrogen) atoms. The van der Waals surface area contributed by atoms with E-state index >= 15 is 0 Å². The fourth-order valence-electron chi connectivity index (χ4n) is 5.27. The number of para-hydroxylation sites is 1. The van der Waals surface area contributed by atoms with Crippen molar-refractivity contribution in [1.82, 2.24) is 5.32 Å². The van der Waals surface area contributed by atoms with E-state index in [0.29, 0.717) is 45.3 Å². The third-order valence-electron chi connectivity index (χ3n) is 6.80. The number of allylic oxidation sites excluding steroid dienone is 3. The number of hydrogen-bond donors (Lipinski definition) is 1. The van der Waals surface area contributed by atoms with Crippen molar-refractivity contribution < 1.29 is 28.6 Å². The van der Waals surface area contributed by atoms with Crippen LogP contribution >= 0.6 is 11.6 Å². The van der Waals surface area contributed by atoms with Gasteiger partial charge in [-0.25, -0.2) is 4.79 Å². The van der Waals surface area contributed by atoms with E-state index in [1.54, 1.807) is 58.2 Å². The summed E-state index contributed by atoms with van der Waals surface area (Å²) >= 11 is 6.14. The van der Waals surface area contributed by atoms with E-state index in [2.05, 4.69) is 5.32 Å². The number of ether oxygens (including phenoxy) is 3. The molecule has 7 nitrogen and oxygen atoms in total. The molecule has 3 atom stereocenters. The van der Waals surface area contributed by atoms with E-state index in [-0.39, 0.29) is 13.2 Å². The van der Waals surface area contributed by atoms with Crippen molar-refractivity contribution in [2.24, 2.45) is 5.92 Å². The maximum Gasteiger partial charge on any atom is 0.336 e. The van der Waals surface area contributed by atoms with Crippen LogP contribution in [0, 0.1) is 5.92 Å². The van der Waals surface area contributed by atoms with Crippen LogP contribution in [0.25, 0.3) is 0 Å². The number of carbonyl (C=O) groups excluding carboxylic acids is 3. The van der Waals surface area contributed by atoms with Gasteiger partial charge in [0.1, 0.15) is 11.7 Å². The second-order valence-electron chi connectivity index (χ2n) is 8.91. The summed E-state index contributed by atoms with van der Waals surface area (Å²) in [5.41, 5.74) is 3.39. The molecule has 0 amide bonds. The lowest BCUT2D eigenvalue weighted by Crippen LogP contribution is -2.43. The zero-order chi connectivity index (χ0) is 26.7. The minimum absolute atomic E-state index is 0.138. The zero-order valence-corrected chi connectivity index (χ0v) is 22.1. The molecule has 0 saturated carbocycles. The van der Waals surface area contributed by atoms with Crippen LogP contribution in [0.2, 0.25) is 5.02 Å². The number of Topliss-reactive ketones (excluding diaryl/α,β-unsaturated/α-hetero) is 1. The first kappa shape index (κ1) is 26.5. The zero-order valence-electron chi connectivity index (χ0n) is 21.3. The van der Waals surface area contributed by atoms with Crippen molar-refractivity contribution in [1.29, 1.82) is 0 Å². The molecular formula is C29H30ClNO6. The van der Waals surface area contributed by atoms with E-state index in [0.717, 1.165) is 5.56 Å². The number of ketones is 1. The number of halogens is 1. The van der Waals surface area contributed by atoms with Gasteiger partial charge in [0.05, 0.1) is 25.9 Å². The molecule has 0 bridgehead atoms. The molecular weight excluding hydrogens is 494 g/mol. The summed E-state index contributed by atoms with van der Waals surface area (Å²) in [6.07, 6.45) is 0.350. The molecule has 0 radical (unpaired) electrons. The van der Waals surface area contributed by atoms with Crippen molar-refractivity contribution in [2.75, 3.05) is 20.3 Å². The summed E-state index contributed by atoms with van der Waals surface area (Å²) in [5, 5.41) is 3.83. The molecule has 0 unspecified atom stereocenters. The Morgan fingerprint density at radius 1 is 1.03 bits per heavy atom. The number of carbonyl (C=O) groups is 3. The molecule has 0 fully saturated rings. The van der Waals surface area contributed by atoms with Gasteiger partial charge in [-0.3, -0.25) is 9.59 Å². The second-order valence-corrected chi connectivity index (χ2v) is 9.34. The van der Waals surface area contributed by atoms with Gasteiger partial charge in [-0.2, -0.15) is 0 Å². The van der Waals surface area contributed by atoms with Gasteiger partial charge in [0.25, 0.3) is 0 Å². The van der Waals surface area contributed by atoms with Gasteiger partial charge < -0.3 is 19.5 Å². The van der Waals surface area contributed by atoms with Gasteiger partial charge in [-0.1, -0.05) is 41.9 Å². The molecule has 0 aromatic heterocycles. The molecule has 0 saturated heterocycles. The lowest BCUT2D eigenvalue weighted by Gasteiger charge is -2.39. The fraction of sp³-hybridized carbons (Fsp3) is 0.345. The molecule has 194 valence electrons. The molecule has 1 aliphatic carbocycles. The van der Waals surface area contributed by atoms with Crippen LogP contribution in [0.1, 0.15) is 50.2 Å². The highest BCUT2D eigenvalue weighted by Crippen LogP contribution is 2.49. The van der Waals surface area contributed by atoms with Crippen LogP contribution in [0.15, 0.2) is 71.1 Å². The van der Waals surface area contributed by atoms with Gasteiger partial charge in [0.15, 0.2) is 5.78 Å². The number of esters is 2. The first-order valence-corrected chi connectivity index (χ1v) is 12.7. The monoisotopic (exact) mass is 523 g/mol. The number of methoxy groups -OCH3 is 1. The van der Waals surface area contributed by atoms with Crippen LogP contribution in [0.5, 0.6) is 5.75 Å². The molecule has 1 aliphatic heterocycles. The van der Waals surface area contributed by atoms with Crippen LogP contribution < -0.4 is 10.1 Å². The highest BCUT2D eigenvalue weighted by Gasteiger charge is 2.49. The van der Waals surface area contributed by atoms with E-state index < -0.39 is 35.5 Å². The Balaban J connectivity index is 1.91. The smallest absolute Gasteiger partial charge is 0.336 e. The summed E-state index contributed by atoms with van der Waals surface area (Å²) in [7, 11) is 1.56. The Labute approximate surface area is 221 Å². The Hall–Kier alpha value is -3.58. The molecule has 4 rings (SSSR count). The first-order chi connectivity index (χ1) is 17.8. The van der Waals surface area contributed by atoms with Crippen LogP contribution in [0.3, 0.4) is 0 Å². The van der Waals surface area contributed by atoms with Crippen molar-refractivity contribution >= 4 is 29.3 Å². The average Bonchev–Trinajstić information content (AvgIpc) is 2.88. The number of rotatable bonds is 7. The summed E-state index contributed by atoms with van der Waals surface area (Å²) in [4.78, 5) is 40.7. The Bertz CT molecular complexity index is 1280. The quantitative estimate of drug-likeness (QED) is 0.400. The van der Waals surface area contributed by atoms with E-state index in [1.165, 1.54) is 0 Å². The summed E-state index contributed by atoms with van der Waals surface area (Å²) < 4.78 is 16.3. The maximum atomic E-state index is 14.3. The SMILES string of the molecule is CCOC(=O)C1=C(C)NC2=C(C(=O)[C@@H](C(=O)OCC)[C@@H](c3ccccc3OC)C2)[C@@H]1c1ccc(Cl)cc1. The van der Waals surface area contributed by atoms with E-state index in [1.807, 2.05) is 18.2 Å². The van der Waals surface area contributed by atoms with Gasteiger partial charge in [0.2, 0.25) is 0 Å². The molecule has 2 aromatic carbocycles. The third-order valence-corrected chi connectivity index (χ3v) is 7.05. The van der Waals surface area contributed by atoms with Gasteiger partial charge in [-0.15, -0.1) is 0 Å². The minimum atomic E-state index is -1.10. The topological polar surface area (TPSA) is 90.9 Å². The largest absolute Gasteiger partial charge is 0.496 e. The number of hydrogen-bond acceptors (Lipinski definition) is 7. The predicted molar refractivity (Wildman–Crippen MR) is 139 cm³/mol. The van der Waals surface area contributed by atoms with E-state index in [4.69, 9.17) is 25.8 Å². The summed E-state index contributed by atoms with van der Waals surface area (Å²) in [6, 6.07) is 14.4. The Morgan fingerprint density at radius 2 is 1.70 bits per heavy atom. The second kappa shape index (κ2) is 11.2. The van der Waals surface area contributed by atoms with Gasteiger partial charge in [-0.05, 0) is 56.5 Å². The molecule has 2 aliphatic rings. The normalized spacial score (nSPS) is 21.2. The van der Waals surface area contributed by atoms with Crippen molar-refractivity contribution in [3.8, 4) is 5.75 Å². The molecule has 2 aromatic rings. The molecule has 8 heteroatoms. The standard InChI is InChI=1S/C29H30ClNO6/c1-5-36-28(33)23-16(3)31-21-15-20(19-9-7-8-10-22(19)35-4)25(29(34)37-6-2)27(32)26(21)24(23)17-11-13-18(30)14-12-17/h7-14,20,24-25,31H,5-6,15H2,1-4H3/t20-,24-,25+/m1/s1. The Morgan fingerprint density at radius 3 is 2.35 bits per heavy atom. The van der Waals surface area contributed by atoms with Crippen LogP contribution in [0.4, 0.5) is 0 Å². The van der Waals surface area contributed by atoms with Crippen molar-refractivity contribution in [2.45, 2.75) is 39.0 Å². The highest BCUT2D eigenvalue weighted by molar-refractivity contribution is 6.30. The average molecular weight is 524 g/mol. The van der Waals surface area contributed by atoms with Gasteiger partial charge >= 0.3 is 11.9 Å². The maximum absolute atomic E-state index is 14.3. The lowest BCUT2D eigenvalue weighted by molar-refractivity contribution is -0.152. The Kier molecular flexibility index (Phi) is 8.03. The lowest BCUT2D eigenvalue weighted by atomic mass is 9.67. The van der Waals surface area contributed by atoms with Gasteiger partial charge in [0, 0.05) is 33.8 Å². The minimum Gasteiger partial charge on any atom is -0.496 e. The first-order valence-electron chi connectivity index (χ1n) is 12.3. The van der Waals surface area contributed by atoms with Crippen LogP contribution in [-0.2, 0) is 23.9 Å². The van der Waals surface area contributed by atoms with Crippen molar-refractivity contribution in [3.63, 3.8) is 0 Å². The molecule has 1 heterocycles. The summed E-state index contributed by atoms with van der Waals surface area (Å²) in [6.45, 7) is 5.55. The van der Waals surface area contributed by atoms with E-state index in [9.17, 15) is 14.4 Å². The third kappa shape index (κ3) is 5.01. The molecule has 1 N–H and O–H groups in total. The number of nitrogens with one attached hydrogen (secondary N) is 1. The number of dihydropyridines is 1. The fourth-order valence-corrected chi connectivity index (χ4v) is 5.40. The summed E-state index contributed by atoms with van der Waals surface area (Å²) in [5.74, 6) is -3.28.